The molecule has 0 fully saturated rings. The van der Waals surface area contributed by atoms with E-state index in [0.717, 1.165) is 45.2 Å². The largest absolute Gasteiger partial charge is 0.293 e. The molecule has 1 aliphatic carbocycles. The summed E-state index contributed by atoms with van der Waals surface area (Å²) < 4.78 is 2.63. The molecule has 186 valence electrons. The Kier molecular flexibility index (Phi) is 7.01. The Morgan fingerprint density at radius 3 is 2.50 bits per heavy atom. The van der Waals surface area contributed by atoms with Crippen LogP contribution in [-0.4, -0.2) is 21.1 Å². The number of ketones is 1. The van der Waals surface area contributed by atoms with Crippen LogP contribution in [0.15, 0.2) is 63.0 Å². The molecule has 0 spiro atoms. The number of hydrogen-bond donors (Lipinski definition) is 0. The van der Waals surface area contributed by atoms with Crippen LogP contribution in [0.5, 0.6) is 0 Å². The Labute approximate surface area is 228 Å². The van der Waals surface area contributed by atoms with Gasteiger partial charge in [-0.15, -0.1) is 11.3 Å². The van der Waals surface area contributed by atoms with Gasteiger partial charge in [0.15, 0.2) is 10.9 Å². The fourth-order valence-electron chi connectivity index (χ4n) is 4.81. The number of hydrogen-bond acceptors (Lipinski definition) is 5. The highest BCUT2D eigenvalue weighted by molar-refractivity contribution is 9.10. The highest BCUT2D eigenvalue weighted by atomic mass is 79.9. The number of rotatable bonds is 5. The minimum Gasteiger partial charge on any atom is -0.293 e. The van der Waals surface area contributed by atoms with E-state index in [-0.39, 0.29) is 22.5 Å². The first-order valence-corrected chi connectivity index (χ1v) is 14.8. The van der Waals surface area contributed by atoms with E-state index < -0.39 is 0 Å². The maximum Gasteiger partial charge on any atom is 0.267 e. The van der Waals surface area contributed by atoms with Crippen molar-refractivity contribution < 1.29 is 4.79 Å². The number of Topliss-reactive ketones (excluding diaryl/α,β-unsaturated/α-hetero) is 1. The molecule has 0 bridgehead atoms. The maximum absolute atomic E-state index is 14.0. The fraction of sp³-hybridized carbons (Fsp3) is 0.345. The third-order valence-corrected chi connectivity index (χ3v) is 9.68. The van der Waals surface area contributed by atoms with E-state index in [9.17, 15) is 9.59 Å². The molecule has 0 saturated carbocycles. The van der Waals surface area contributed by atoms with Crippen molar-refractivity contribution in [1.82, 2.24) is 9.55 Å². The first-order chi connectivity index (χ1) is 17.1. The summed E-state index contributed by atoms with van der Waals surface area (Å²) in [5, 5.41) is 1.32. The summed E-state index contributed by atoms with van der Waals surface area (Å²) >= 11 is 6.41. The Morgan fingerprint density at radius 1 is 1.14 bits per heavy atom. The van der Waals surface area contributed by atoms with E-state index in [2.05, 4.69) is 36.7 Å². The molecular formula is C29H29BrN2O2S2. The van der Waals surface area contributed by atoms with E-state index in [1.54, 1.807) is 15.9 Å². The summed E-state index contributed by atoms with van der Waals surface area (Å²) in [5.41, 5.74) is 3.93. The van der Waals surface area contributed by atoms with Crippen LogP contribution in [-0.2, 0) is 12.8 Å². The molecule has 0 saturated heterocycles. The van der Waals surface area contributed by atoms with Crippen LogP contribution in [0.1, 0.15) is 53.6 Å². The molecule has 0 amide bonds. The monoisotopic (exact) mass is 580 g/mol. The van der Waals surface area contributed by atoms with Crippen LogP contribution in [0.4, 0.5) is 0 Å². The topological polar surface area (TPSA) is 52.0 Å². The number of nitrogens with zero attached hydrogens (tertiary/aromatic N) is 2. The van der Waals surface area contributed by atoms with Crippen LogP contribution in [0.3, 0.4) is 0 Å². The van der Waals surface area contributed by atoms with Crippen molar-refractivity contribution in [1.29, 1.82) is 0 Å². The van der Waals surface area contributed by atoms with Gasteiger partial charge in [0.25, 0.3) is 5.56 Å². The number of carbonyl (C=O) groups excluding carboxylic acids is 1. The molecule has 4 aromatic rings. The zero-order valence-electron chi connectivity index (χ0n) is 20.9. The third-order valence-electron chi connectivity index (χ3n) is 7.07. The first-order valence-electron chi connectivity index (χ1n) is 12.2. The third kappa shape index (κ3) is 4.98. The second-order valence-corrected chi connectivity index (χ2v) is 13.5. The predicted molar refractivity (Wildman–Crippen MR) is 154 cm³/mol. The van der Waals surface area contributed by atoms with E-state index in [4.69, 9.17) is 4.98 Å². The van der Waals surface area contributed by atoms with Crippen molar-refractivity contribution in [2.75, 3.05) is 5.75 Å². The molecular weight excluding hydrogens is 552 g/mol. The van der Waals surface area contributed by atoms with Gasteiger partial charge in [-0.1, -0.05) is 78.3 Å². The summed E-state index contributed by atoms with van der Waals surface area (Å²) in [6.07, 6.45) is 3.00. The van der Waals surface area contributed by atoms with Crippen molar-refractivity contribution in [3.05, 3.63) is 84.9 Å². The number of benzene rings is 2. The van der Waals surface area contributed by atoms with Crippen LogP contribution in [0.2, 0.25) is 0 Å². The minimum atomic E-state index is -0.0332. The maximum atomic E-state index is 14.0. The summed E-state index contributed by atoms with van der Waals surface area (Å²) in [6.45, 7) is 8.93. The van der Waals surface area contributed by atoms with E-state index in [0.29, 0.717) is 16.6 Å². The van der Waals surface area contributed by atoms with Crippen LogP contribution >= 0.6 is 39.0 Å². The van der Waals surface area contributed by atoms with Crippen LogP contribution in [0.25, 0.3) is 15.9 Å². The SMILES string of the molecule is Cc1ccc(-n2c(SCC(=O)c3ccc(Br)cc3)nc3sc4c(c3c2=O)CCC(C(C)(C)C)C4)cc1. The van der Waals surface area contributed by atoms with Gasteiger partial charge in [0, 0.05) is 14.9 Å². The van der Waals surface area contributed by atoms with E-state index in [1.165, 1.54) is 22.2 Å². The van der Waals surface area contributed by atoms with Crippen LogP contribution in [0, 0.1) is 18.3 Å². The van der Waals surface area contributed by atoms with Gasteiger partial charge in [0.2, 0.25) is 0 Å². The highest BCUT2D eigenvalue weighted by Gasteiger charge is 2.32. The van der Waals surface area contributed by atoms with Crippen molar-refractivity contribution in [3.63, 3.8) is 0 Å². The van der Waals surface area contributed by atoms with Crippen molar-refractivity contribution >= 4 is 55.0 Å². The number of thioether (sulfide) groups is 1. The molecule has 1 unspecified atom stereocenters. The highest BCUT2D eigenvalue weighted by Crippen LogP contribution is 2.42. The quantitative estimate of drug-likeness (QED) is 0.138. The second kappa shape index (κ2) is 9.92. The van der Waals surface area contributed by atoms with Crippen molar-refractivity contribution in [2.24, 2.45) is 11.3 Å². The number of aryl methyl sites for hydroxylation is 2. The van der Waals surface area contributed by atoms with Crippen LogP contribution < -0.4 is 5.56 Å². The Morgan fingerprint density at radius 2 is 1.83 bits per heavy atom. The fourth-order valence-corrected chi connectivity index (χ4v) is 7.33. The first kappa shape index (κ1) is 25.4. The number of halogens is 1. The Balaban J connectivity index is 1.58. The molecule has 2 heterocycles. The second-order valence-electron chi connectivity index (χ2n) is 10.6. The average molecular weight is 582 g/mol. The van der Waals surface area contributed by atoms with Gasteiger partial charge in [-0.2, -0.15) is 0 Å². The van der Waals surface area contributed by atoms with Crippen molar-refractivity contribution in [2.45, 2.75) is 52.1 Å². The molecule has 5 rings (SSSR count). The molecule has 36 heavy (non-hydrogen) atoms. The zero-order valence-corrected chi connectivity index (χ0v) is 24.1. The standard InChI is InChI=1S/C29H29BrN2O2S2/c1-17-5-12-21(13-6-17)32-27(34)25-22-14-9-19(29(2,3)4)15-24(22)36-26(25)31-28(32)35-16-23(33)18-7-10-20(30)11-8-18/h5-8,10-13,19H,9,14-16H2,1-4H3. The molecule has 2 aromatic carbocycles. The lowest BCUT2D eigenvalue weighted by molar-refractivity contribution is 0.102. The van der Waals surface area contributed by atoms with Crippen molar-refractivity contribution in [3.8, 4) is 5.69 Å². The van der Waals surface area contributed by atoms with Gasteiger partial charge in [-0.25, -0.2) is 4.98 Å². The Hall–Kier alpha value is -2.22. The van der Waals surface area contributed by atoms with Gasteiger partial charge in [0.05, 0.1) is 16.8 Å². The molecule has 0 N–H and O–H groups in total. The lowest BCUT2D eigenvalue weighted by Gasteiger charge is -2.33. The molecule has 2 aromatic heterocycles. The summed E-state index contributed by atoms with van der Waals surface area (Å²) in [4.78, 5) is 34.0. The number of carbonyl (C=O) groups is 1. The number of fused-ring (bicyclic) bond motifs is 3. The van der Waals surface area contributed by atoms with E-state index in [1.807, 2.05) is 55.5 Å². The summed E-state index contributed by atoms with van der Waals surface area (Å²) in [5.74, 6) is 0.813. The average Bonchev–Trinajstić information content (AvgIpc) is 3.21. The lowest BCUT2D eigenvalue weighted by Crippen LogP contribution is -2.27. The van der Waals surface area contributed by atoms with Gasteiger partial charge < -0.3 is 0 Å². The lowest BCUT2D eigenvalue weighted by atomic mass is 9.72. The molecule has 7 heteroatoms. The molecule has 1 atom stereocenters. The number of aromatic nitrogens is 2. The van der Waals surface area contributed by atoms with Gasteiger partial charge in [-0.3, -0.25) is 14.2 Å². The molecule has 4 nitrogen and oxygen atoms in total. The Bertz CT molecular complexity index is 1500. The van der Waals surface area contributed by atoms with Gasteiger partial charge in [0.1, 0.15) is 4.83 Å². The molecule has 0 aliphatic heterocycles. The number of thiophene rings is 1. The predicted octanol–water partition coefficient (Wildman–Crippen LogP) is 7.64. The van der Waals surface area contributed by atoms with Gasteiger partial charge in [-0.05, 0) is 67.3 Å². The molecule has 0 radical (unpaired) electrons. The summed E-state index contributed by atoms with van der Waals surface area (Å²) in [6, 6.07) is 15.3. The van der Waals surface area contributed by atoms with Gasteiger partial charge >= 0.3 is 0 Å². The normalized spacial score (nSPS) is 15.8. The smallest absolute Gasteiger partial charge is 0.267 e. The minimum absolute atomic E-state index is 0.01000. The molecule has 1 aliphatic rings. The van der Waals surface area contributed by atoms with E-state index >= 15 is 0 Å². The summed E-state index contributed by atoms with van der Waals surface area (Å²) in [7, 11) is 0. The zero-order chi connectivity index (χ0) is 25.6.